The van der Waals surface area contributed by atoms with Gasteiger partial charge in [-0.1, -0.05) is 45.4 Å². The van der Waals surface area contributed by atoms with Crippen molar-refractivity contribution in [2.24, 2.45) is 0 Å². The fourth-order valence-electron chi connectivity index (χ4n) is 5.13. The lowest BCUT2D eigenvalue weighted by Gasteiger charge is -2.35. The van der Waals surface area contributed by atoms with Crippen molar-refractivity contribution in [3.63, 3.8) is 0 Å². The molecule has 0 aliphatic carbocycles. The molecule has 0 N–H and O–H groups in total. The van der Waals surface area contributed by atoms with Crippen LogP contribution < -0.4 is 4.90 Å². The number of imide groups is 1. The van der Waals surface area contributed by atoms with Crippen molar-refractivity contribution in [1.82, 2.24) is 19.6 Å². The van der Waals surface area contributed by atoms with E-state index in [1.165, 1.54) is 47.4 Å². The minimum atomic E-state index is -0.380. The van der Waals surface area contributed by atoms with Crippen LogP contribution in [0.25, 0.3) is 10.9 Å². The smallest absolute Gasteiger partial charge is 0.247 e. The van der Waals surface area contributed by atoms with Gasteiger partial charge in [0.15, 0.2) is 5.82 Å². The van der Waals surface area contributed by atoms with E-state index in [4.69, 9.17) is 0 Å². The van der Waals surface area contributed by atoms with Gasteiger partial charge in [0, 0.05) is 70.0 Å². The van der Waals surface area contributed by atoms with E-state index in [2.05, 4.69) is 21.8 Å². The summed E-state index contributed by atoms with van der Waals surface area (Å²) < 4.78 is 15.5. The topological polar surface area (TPSA) is 78.8 Å². The third-order valence-electron chi connectivity index (χ3n) is 7.32. The Morgan fingerprint density at radius 2 is 1.58 bits per heavy atom. The van der Waals surface area contributed by atoms with Crippen molar-refractivity contribution in [2.45, 2.75) is 71.1 Å². The number of hydrogen-bond acceptors (Lipinski definition) is 6. The highest BCUT2D eigenvalue weighted by Gasteiger charge is 2.30. The molecular formula is C27H38FN5O3. The summed E-state index contributed by atoms with van der Waals surface area (Å²) in [5.74, 6) is 0.0780. The van der Waals surface area contributed by atoms with Crippen molar-refractivity contribution in [1.29, 1.82) is 0 Å². The lowest BCUT2D eigenvalue weighted by Crippen LogP contribution is -2.49. The van der Waals surface area contributed by atoms with Crippen molar-refractivity contribution in [2.75, 3.05) is 44.2 Å². The van der Waals surface area contributed by atoms with Crippen LogP contribution in [0.1, 0.15) is 75.9 Å². The Balaban J connectivity index is 1.35. The Morgan fingerprint density at radius 3 is 2.28 bits per heavy atom. The van der Waals surface area contributed by atoms with E-state index in [1.54, 1.807) is 6.07 Å². The summed E-state index contributed by atoms with van der Waals surface area (Å²) >= 11 is 0. The number of fused-ring (bicyclic) bond motifs is 1. The number of anilines is 1. The van der Waals surface area contributed by atoms with Gasteiger partial charge >= 0.3 is 0 Å². The highest BCUT2D eigenvalue weighted by atomic mass is 19.1. The third-order valence-corrected chi connectivity index (χ3v) is 7.32. The number of benzene rings is 1. The van der Waals surface area contributed by atoms with Gasteiger partial charge in [-0.05, 0) is 18.6 Å². The lowest BCUT2D eigenvalue weighted by atomic mass is 10.1. The minimum Gasteiger partial charge on any atom is -0.352 e. The molecule has 2 aromatic rings. The molecule has 2 aliphatic rings. The summed E-state index contributed by atoms with van der Waals surface area (Å²) in [6.07, 6.45) is 8.96. The van der Waals surface area contributed by atoms with Crippen LogP contribution in [0.3, 0.4) is 0 Å². The van der Waals surface area contributed by atoms with Gasteiger partial charge in [-0.2, -0.15) is 4.68 Å². The number of piperazine rings is 1. The molecule has 9 heteroatoms. The summed E-state index contributed by atoms with van der Waals surface area (Å²) in [5.41, 5.74) is 0.520. The largest absolute Gasteiger partial charge is 0.352 e. The molecule has 2 amide bonds. The van der Waals surface area contributed by atoms with Crippen LogP contribution in [0.5, 0.6) is 0 Å². The molecule has 4 rings (SSSR count). The number of aromatic nitrogens is 2. The third kappa shape index (κ3) is 6.30. The quantitative estimate of drug-likeness (QED) is 0.321. The van der Waals surface area contributed by atoms with Crippen molar-refractivity contribution in [3.05, 3.63) is 24.0 Å². The zero-order valence-electron chi connectivity index (χ0n) is 21.4. The molecule has 1 aromatic carbocycles. The number of likely N-dealkylation sites (tertiary alicyclic amines) is 1. The van der Waals surface area contributed by atoms with Crippen LogP contribution in [-0.4, -0.2) is 76.6 Å². The average molecular weight is 500 g/mol. The highest BCUT2D eigenvalue weighted by molar-refractivity contribution is 6.02. The first-order valence-electron chi connectivity index (χ1n) is 13.5. The van der Waals surface area contributed by atoms with Crippen LogP contribution in [0.4, 0.5) is 10.2 Å². The van der Waals surface area contributed by atoms with Crippen LogP contribution in [-0.2, 0) is 9.59 Å². The van der Waals surface area contributed by atoms with Gasteiger partial charge in [0.1, 0.15) is 5.82 Å². The summed E-state index contributed by atoms with van der Waals surface area (Å²) in [6.45, 7) is 6.22. The lowest BCUT2D eigenvalue weighted by molar-refractivity contribution is -0.138. The van der Waals surface area contributed by atoms with Gasteiger partial charge in [0.2, 0.25) is 17.7 Å². The monoisotopic (exact) mass is 499 g/mol. The molecule has 2 saturated heterocycles. The first kappa shape index (κ1) is 26.3. The predicted molar refractivity (Wildman–Crippen MR) is 138 cm³/mol. The Hall–Kier alpha value is -2.81. The summed E-state index contributed by atoms with van der Waals surface area (Å²) in [7, 11) is 0. The zero-order chi connectivity index (χ0) is 25.5. The van der Waals surface area contributed by atoms with Gasteiger partial charge in [-0.25, -0.2) is 4.39 Å². The second kappa shape index (κ2) is 12.4. The van der Waals surface area contributed by atoms with Crippen molar-refractivity contribution >= 4 is 34.4 Å². The molecule has 196 valence electrons. The molecule has 1 aromatic heterocycles. The van der Waals surface area contributed by atoms with Crippen molar-refractivity contribution < 1.29 is 18.8 Å². The predicted octanol–water partition coefficient (Wildman–Crippen LogP) is 4.23. The highest BCUT2D eigenvalue weighted by Crippen LogP contribution is 2.28. The molecule has 0 saturated carbocycles. The minimum absolute atomic E-state index is 0.0796. The zero-order valence-corrected chi connectivity index (χ0v) is 21.4. The van der Waals surface area contributed by atoms with Gasteiger partial charge in [-0.3, -0.25) is 24.2 Å². The molecule has 0 atom stereocenters. The molecule has 3 heterocycles. The number of amides is 2. The van der Waals surface area contributed by atoms with Crippen LogP contribution in [0, 0.1) is 5.82 Å². The normalized spacial score (nSPS) is 17.1. The molecular weight excluding hydrogens is 461 g/mol. The molecule has 0 spiro atoms. The molecule has 2 aliphatic heterocycles. The number of rotatable bonds is 12. The number of halogens is 1. The van der Waals surface area contributed by atoms with Crippen LogP contribution in [0.2, 0.25) is 0 Å². The first-order valence-corrected chi connectivity index (χ1v) is 13.5. The maximum Gasteiger partial charge on any atom is 0.247 e. The fraction of sp³-hybridized carbons (Fsp3) is 0.630. The van der Waals surface area contributed by atoms with E-state index < -0.39 is 0 Å². The Morgan fingerprint density at radius 1 is 0.917 bits per heavy atom. The fourth-order valence-corrected chi connectivity index (χ4v) is 5.13. The van der Waals surface area contributed by atoms with E-state index in [-0.39, 0.29) is 23.5 Å². The van der Waals surface area contributed by atoms with Crippen molar-refractivity contribution in [3.8, 4) is 0 Å². The number of hydrogen-bond donors (Lipinski definition) is 0. The van der Waals surface area contributed by atoms with Gasteiger partial charge in [0.05, 0.1) is 5.52 Å². The molecule has 8 nitrogen and oxygen atoms in total. The standard InChI is InChI=1S/C27H38FN5O3/c1-2-3-4-5-6-7-8-9-26(36)33-23-20-21(28)10-11-22(23)27(29-33)31-17-14-30(15-18-31)16-19-32-24(34)12-13-25(32)35/h10-11,20H,2-9,12-19H2,1H3. The molecule has 0 bridgehead atoms. The van der Waals surface area contributed by atoms with Gasteiger partial charge < -0.3 is 4.90 Å². The van der Waals surface area contributed by atoms with E-state index in [0.29, 0.717) is 56.8 Å². The van der Waals surface area contributed by atoms with Crippen LogP contribution in [0.15, 0.2) is 18.2 Å². The number of carbonyl (C=O) groups excluding carboxylic acids is 3. The second-order valence-electron chi connectivity index (χ2n) is 9.93. The SMILES string of the molecule is CCCCCCCCCC(=O)n1nc(N2CCN(CCN3C(=O)CCC3=O)CC2)c2ccc(F)cc21. The average Bonchev–Trinajstić information content (AvgIpc) is 3.41. The number of unbranched alkanes of at least 4 members (excludes halogenated alkanes) is 6. The number of carbonyl (C=O) groups is 3. The Bertz CT molecular complexity index is 1060. The van der Waals surface area contributed by atoms with Gasteiger partial charge in [-0.15, -0.1) is 5.10 Å². The van der Waals surface area contributed by atoms with Crippen LogP contribution >= 0.6 is 0 Å². The summed E-state index contributed by atoms with van der Waals surface area (Å²) in [5, 5.41) is 5.44. The summed E-state index contributed by atoms with van der Waals surface area (Å²) in [6, 6.07) is 4.52. The number of nitrogens with zero attached hydrogens (tertiary/aromatic N) is 5. The molecule has 0 unspecified atom stereocenters. The summed E-state index contributed by atoms with van der Waals surface area (Å²) in [4.78, 5) is 42.5. The molecule has 0 radical (unpaired) electrons. The van der Waals surface area contributed by atoms with Gasteiger partial charge in [0.25, 0.3) is 0 Å². The maximum atomic E-state index is 14.1. The Labute approximate surface area is 212 Å². The molecule has 36 heavy (non-hydrogen) atoms. The maximum absolute atomic E-state index is 14.1. The van der Waals surface area contributed by atoms with E-state index in [1.807, 2.05) is 0 Å². The van der Waals surface area contributed by atoms with E-state index in [9.17, 15) is 18.8 Å². The van der Waals surface area contributed by atoms with E-state index in [0.717, 1.165) is 37.7 Å². The first-order chi connectivity index (χ1) is 17.5. The van der Waals surface area contributed by atoms with E-state index >= 15 is 0 Å². The second-order valence-corrected chi connectivity index (χ2v) is 9.93. The molecule has 2 fully saturated rings. The Kier molecular flexibility index (Phi) is 9.07.